The molecule has 0 saturated heterocycles. The zero-order valence-electron chi connectivity index (χ0n) is 9.22. The number of carbonyl (C=O) groups is 2. The van der Waals surface area contributed by atoms with Crippen LogP contribution in [0.25, 0.3) is 0 Å². The molecule has 2 N–H and O–H groups in total. The number of amides is 2. The van der Waals surface area contributed by atoms with Crippen LogP contribution in [0, 0.1) is 5.82 Å². The van der Waals surface area contributed by atoms with Gasteiger partial charge in [0.15, 0.2) is 0 Å². The maximum Gasteiger partial charge on any atom is 0.251 e. The average Bonchev–Trinajstić information content (AvgIpc) is 2.30. The third-order valence-electron chi connectivity index (χ3n) is 1.97. The van der Waals surface area contributed by atoms with Gasteiger partial charge in [-0.15, -0.1) is 0 Å². The lowest BCUT2D eigenvalue weighted by molar-refractivity contribution is -0.120. The summed E-state index contributed by atoms with van der Waals surface area (Å²) in [5, 5.41) is 4.99. The molecule has 92 valence electrons. The summed E-state index contributed by atoms with van der Waals surface area (Å²) >= 11 is 2.98. The van der Waals surface area contributed by atoms with Gasteiger partial charge >= 0.3 is 0 Å². The van der Waals surface area contributed by atoms with Crippen molar-refractivity contribution in [2.45, 2.75) is 6.92 Å². The Morgan fingerprint density at radius 3 is 2.65 bits per heavy atom. The molecule has 0 saturated carbocycles. The lowest BCUT2D eigenvalue weighted by Crippen LogP contribution is -2.36. The van der Waals surface area contributed by atoms with Gasteiger partial charge in [0.1, 0.15) is 5.82 Å². The topological polar surface area (TPSA) is 58.2 Å². The van der Waals surface area contributed by atoms with Crippen molar-refractivity contribution in [1.29, 1.82) is 0 Å². The van der Waals surface area contributed by atoms with E-state index in [-0.39, 0.29) is 16.9 Å². The number of carbonyl (C=O) groups excluding carboxylic acids is 2. The lowest BCUT2D eigenvalue weighted by Gasteiger charge is -2.05. The molecule has 0 spiro atoms. The lowest BCUT2D eigenvalue weighted by atomic mass is 10.2. The van der Waals surface area contributed by atoms with E-state index in [2.05, 4.69) is 26.6 Å². The quantitative estimate of drug-likeness (QED) is 0.884. The monoisotopic (exact) mass is 302 g/mol. The van der Waals surface area contributed by atoms with Crippen LogP contribution in [0.4, 0.5) is 4.39 Å². The van der Waals surface area contributed by atoms with Crippen molar-refractivity contribution in [3.8, 4) is 0 Å². The second-order valence-corrected chi connectivity index (χ2v) is 4.12. The van der Waals surface area contributed by atoms with Gasteiger partial charge in [-0.1, -0.05) is 0 Å². The standard InChI is InChI=1S/C11H12BrFN2O2/c1-2-14-10(16)6-15-11(17)7-3-4-9(13)8(12)5-7/h3-5H,2,6H2,1H3,(H,14,16)(H,15,17). The Labute approximate surface area is 107 Å². The van der Waals surface area contributed by atoms with Gasteiger partial charge in [0.2, 0.25) is 5.91 Å². The van der Waals surface area contributed by atoms with Crippen molar-refractivity contribution < 1.29 is 14.0 Å². The minimum atomic E-state index is -0.440. The van der Waals surface area contributed by atoms with Crippen molar-refractivity contribution >= 4 is 27.7 Å². The zero-order chi connectivity index (χ0) is 12.8. The van der Waals surface area contributed by atoms with Crippen LogP contribution in [-0.4, -0.2) is 24.9 Å². The fourth-order valence-electron chi connectivity index (χ4n) is 1.16. The van der Waals surface area contributed by atoms with Gasteiger partial charge in [0, 0.05) is 12.1 Å². The molecule has 4 nitrogen and oxygen atoms in total. The Balaban J connectivity index is 2.58. The molecule has 1 aromatic rings. The average molecular weight is 303 g/mol. The van der Waals surface area contributed by atoms with E-state index in [1.165, 1.54) is 18.2 Å². The Hall–Kier alpha value is -1.43. The first-order chi connectivity index (χ1) is 8.04. The van der Waals surface area contributed by atoms with Crippen LogP contribution in [0.15, 0.2) is 22.7 Å². The van der Waals surface area contributed by atoms with E-state index in [0.29, 0.717) is 12.1 Å². The van der Waals surface area contributed by atoms with E-state index in [4.69, 9.17) is 0 Å². The number of halogens is 2. The fraction of sp³-hybridized carbons (Fsp3) is 0.273. The largest absolute Gasteiger partial charge is 0.355 e. The molecule has 0 unspecified atom stereocenters. The Bertz CT molecular complexity index is 437. The highest BCUT2D eigenvalue weighted by atomic mass is 79.9. The molecule has 1 aromatic carbocycles. The highest BCUT2D eigenvalue weighted by Gasteiger charge is 2.09. The van der Waals surface area contributed by atoms with E-state index in [0.717, 1.165) is 0 Å². The summed E-state index contributed by atoms with van der Waals surface area (Å²) in [5.41, 5.74) is 0.294. The Kier molecular flexibility index (Phi) is 5.09. The van der Waals surface area contributed by atoms with Crippen LogP contribution in [0.1, 0.15) is 17.3 Å². The molecule has 0 aliphatic rings. The molecule has 0 atom stereocenters. The van der Waals surface area contributed by atoms with E-state index in [1.54, 1.807) is 6.92 Å². The number of hydrogen-bond acceptors (Lipinski definition) is 2. The SMILES string of the molecule is CCNC(=O)CNC(=O)c1ccc(F)c(Br)c1. The smallest absolute Gasteiger partial charge is 0.251 e. The molecule has 0 radical (unpaired) electrons. The summed E-state index contributed by atoms with van der Waals surface area (Å²) in [4.78, 5) is 22.7. The molecule has 0 fully saturated rings. The van der Waals surface area contributed by atoms with E-state index in [1.807, 2.05) is 0 Å². The van der Waals surface area contributed by atoms with Gasteiger partial charge in [-0.3, -0.25) is 9.59 Å². The highest BCUT2D eigenvalue weighted by molar-refractivity contribution is 9.10. The molecule has 0 aromatic heterocycles. The molecule has 2 amide bonds. The van der Waals surface area contributed by atoms with Crippen molar-refractivity contribution in [3.05, 3.63) is 34.1 Å². The van der Waals surface area contributed by atoms with Crippen LogP contribution in [0.5, 0.6) is 0 Å². The predicted molar refractivity (Wildman–Crippen MR) is 65.1 cm³/mol. The van der Waals surface area contributed by atoms with Crippen LogP contribution >= 0.6 is 15.9 Å². The van der Waals surface area contributed by atoms with Gasteiger partial charge in [-0.05, 0) is 41.1 Å². The summed E-state index contributed by atoms with van der Waals surface area (Å²) < 4.78 is 13.1. The minimum absolute atomic E-state index is 0.0956. The number of rotatable bonds is 4. The first-order valence-corrected chi connectivity index (χ1v) is 5.84. The number of benzene rings is 1. The van der Waals surface area contributed by atoms with Crippen molar-refractivity contribution in [2.75, 3.05) is 13.1 Å². The number of likely N-dealkylation sites (N-methyl/N-ethyl adjacent to an activating group) is 1. The van der Waals surface area contributed by atoms with Crippen LogP contribution < -0.4 is 10.6 Å². The first kappa shape index (κ1) is 13.6. The molecule has 6 heteroatoms. The van der Waals surface area contributed by atoms with Crippen molar-refractivity contribution in [1.82, 2.24) is 10.6 Å². The van der Waals surface area contributed by atoms with E-state index in [9.17, 15) is 14.0 Å². The first-order valence-electron chi connectivity index (χ1n) is 5.04. The summed E-state index contributed by atoms with van der Waals surface area (Å²) in [6, 6.07) is 3.90. The molecule has 0 aliphatic carbocycles. The Morgan fingerprint density at radius 1 is 1.35 bits per heavy atom. The molecule has 0 heterocycles. The van der Waals surface area contributed by atoms with Gasteiger partial charge in [-0.25, -0.2) is 4.39 Å². The van der Waals surface area contributed by atoms with Crippen molar-refractivity contribution in [3.63, 3.8) is 0 Å². The van der Waals surface area contributed by atoms with Gasteiger partial charge < -0.3 is 10.6 Å². The zero-order valence-corrected chi connectivity index (χ0v) is 10.8. The minimum Gasteiger partial charge on any atom is -0.355 e. The van der Waals surface area contributed by atoms with Gasteiger partial charge in [0.05, 0.1) is 11.0 Å². The molecule has 17 heavy (non-hydrogen) atoms. The molecule has 0 bridgehead atoms. The van der Waals surface area contributed by atoms with Crippen LogP contribution in [0.3, 0.4) is 0 Å². The molecule has 0 aliphatic heterocycles. The van der Waals surface area contributed by atoms with Crippen LogP contribution in [-0.2, 0) is 4.79 Å². The normalized spacial score (nSPS) is 9.82. The van der Waals surface area contributed by atoms with E-state index < -0.39 is 11.7 Å². The summed E-state index contributed by atoms with van der Waals surface area (Å²) in [6.07, 6.45) is 0. The summed E-state index contributed by atoms with van der Waals surface area (Å²) in [7, 11) is 0. The van der Waals surface area contributed by atoms with Gasteiger partial charge in [-0.2, -0.15) is 0 Å². The molecular weight excluding hydrogens is 291 g/mol. The second kappa shape index (κ2) is 6.34. The maximum absolute atomic E-state index is 12.9. The summed E-state index contributed by atoms with van der Waals surface area (Å²) in [5.74, 6) is -1.12. The van der Waals surface area contributed by atoms with Crippen LogP contribution in [0.2, 0.25) is 0 Å². The molecular formula is C11H12BrFN2O2. The molecule has 1 rings (SSSR count). The maximum atomic E-state index is 12.9. The highest BCUT2D eigenvalue weighted by Crippen LogP contribution is 2.16. The number of nitrogens with one attached hydrogen (secondary N) is 2. The third-order valence-corrected chi connectivity index (χ3v) is 2.57. The van der Waals surface area contributed by atoms with Crippen molar-refractivity contribution in [2.24, 2.45) is 0 Å². The number of hydrogen-bond donors (Lipinski definition) is 2. The summed E-state index contributed by atoms with van der Waals surface area (Å²) in [6.45, 7) is 2.20. The Morgan fingerprint density at radius 2 is 2.06 bits per heavy atom. The predicted octanol–water partition coefficient (Wildman–Crippen LogP) is 1.45. The second-order valence-electron chi connectivity index (χ2n) is 3.27. The fourth-order valence-corrected chi connectivity index (χ4v) is 1.54. The van der Waals surface area contributed by atoms with E-state index >= 15 is 0 Å². The third kappa shape index (κ3) is 4.14. The van der Waals surface area contributed by atoms with Gasteiger partial charge in [0.25, 0.3) is 5.91 Å².